The molecule has 0 bridgehead atoms. The van der Waals surface area contributed by atoms with Gasteiger partial charge in [0.25, 0.3) is 0 Å². The van der Waals surface area contributed by atoms with E-state index in [1.54, 1.807) is 0 Å². The average molecular weight is 746 g/mol. The Labute approximate surface area is 236 Å². The van der Waals surface area contributed by atoms with Gasteiger partial charge >= 0.3 is 74.2 Å². The summed E-state index contributed by atoms with van der Waals surface area (Å²) < 4.78 is 326. The maximum Gasteiger partial charge on any atom is 0.507 e. The highest BCUT2D eigenvalue weighted by atomic mass is 28.4. The summed E-state index contributed by atoms with van der Waals surface area (Å²) in [6.45, 7) is 0.0344. The van der Waals surface area contributed by atoms with E-state index < -0.39 is 100 Å². The number of hydrogen-bond acceptors (Lipinski definition) is 3. The Balaban J connectivity index is 7.28. The van der Waals surface area contributed by atoms with E-state index in [0.717, 1.165) is 20.8 Å². The van der Waals surface area contributed by atoms with Gasteiger partial charge in [0, 0.05) is 19.8 Å². The predicted octanol–water partition coefficient (Wildman–Crippen LogP) is 8.95. The molecule has 272 valence electrons. The third-order valence-electron chi connectivity index (χ3n) is 5.50. The summed E-state index contributed by atoms with van der Waals surface area (Å²) in [5.41, 5.74) is 0. The fourth-order valence-corrected chi connectivity index (χ4v) is 5.75. The molecule has 0 aromatic heterocycles. The molecule has 0 radical (unpaired) electrons. The van der Waals surface area contributed by atoms with Crippen LogP contribution in [0.25, 0.3) is 0 Å². The van der Waals surface area contributed by atoms with Crippen molar-refractivity contribution >= 4 is 8.80 Å². The summed E-state index contributed by atoms with van der Waals surface area (Å²) in [4.78, 5) is 0. The van der Waals surface area contributed by atoms with Crippen LogP contribution in [0.3, 0.4) is 0 Å². The summed E-state index contributed by atoms with van der Waals surface area (Å²) in [5, 5.41) is 0. The molecule has 0 aromatic carbocycles. The quantitative estimate of drug-likeness (QED) is 0.110. The third-order valence-corrected chi connectivity index (χ3v) is 8.56. The van der Waals surface area contributed by atoms with E-state index in [0.29, 0.717) is 0 Å². The Morgan fingerprint density at radius 2 is 0.533 bits per heavy atom. The average Bonchev–Trinajstić information content (AvgIpc) is 2.82. The molecule has 0 aromatic rings. The Bertz CT molecular complexity index is 991. The summed E-state index contributed by atoms with van der Waals surface area (Å²) in [5.74, 6) is -88.2. The highest BCUT2D eigenvalue weighted by Gasteiger charge is 2.98. The minimum absolute atomic E-state index is 0.869. The lowest BCUT2D eigenvalue weighted by Crippen LogP contribution is -2.77. The first kappa shape index (κ1) is 43.5. The first-order valence-corrected chi connectivity index (χ1v) is 13.1. The van der Waals surface area contributed by atoms with Crippen LogP contribution in [0.5, 0.6) is 0 Å². The number of rotatable bonds is 17. The molecular weight excluding hydrogens is 729 g/mol. The molecule has 0 unspecified atom stereocenters. The molecule has 0 atom stereocenters. The van der Waals surface area contributed by atoms with Crippen molar-refractivity contribution in [2.24, 2.45) is 0 Å². The molecule has 0 aliphatic carbocycles. The van der Waals surface area contributed by atoms with Gasteiger partial charge in [0.2, 0.25) is 0 Å². The third kappa shape index (κ3) is 6.14. The molecule has 0 aliphatic rings. The minimum atomic E-state index is -9.44. The van der Waals surface area contributed by atoms with Crippen molar-refractivity contribution < 1.29 is 114 Å². The summed E-state index contributed by atoms with van der Waals surface area (Å²) in [6, 6.07) is -3.09. The van der Waals surface area contributed by atoms with Crippen molar-refractivity contribution in [1.29, 1.82) is 0 Å². The molecule has 0 spiro atoms. The monoisotopic (exact) mass is 746 g/mol. The topological polar surface area (TPSA) is 27.7 Å². The van der Waals surface area contributed by atoms with Crippen molar-refractivity contribution in [3.05, 3.63) is 0 Å². The molecule has 0 heterocycles. The maximum atomic E-state index is 14.4. The van der Waals surface area contributed by atoms with Crippen LogP contribution in [0.4, 0.5) is 101 Å². The number of alkyl halides is 23. The van der Waals surface area contributed by atoms with Crippen LogP contribution in [0.2, 0.25) is 6.04 Å². The zero-order valence-corrected chi connectivity index (χ0v) is 22.7. The second-order valence-corrected chi connectivity index (χ2v) is 11.1. The Morgan fingerprint density at radius 3 is 0.733 bits per heavy atom. The van der Waals surface area contributed by atoms with E-state index in [2.05, 4.69) is 13.3 Å². The maximum absolute atomic E-state index is 14.4. The fraction of sp³-hybridized carbons (Fsp3) is 1.00. The van der Waals surface area contributed by atoms with Crippen LogP contribution >= 0.6 is 0 Å². The predicted molar refractivity (Wildman–Crippen MR) is 101 cm³/mol. The van der Waals surface area contributed by atoms with Crippen LogP contribution in [0.15, 0.2) is 0 Å². The Morgan fingerprint density at radius 1 is 0.333 bits per heavy atom. The van der Waals surface area contributed by atoms with Gasteiger partial charge in [-0.2, -0.15) is 101 Å². The molecule has 0 aliphatic heterocycles. The Kier molecular flexibility index (Phi) is 11.8. The molecule has 0 N–H and O–H groups in total. The SMILES string of the molecule is CCO[Si](CC(F)(F)C(F)(F)C(F)(F)C(F)(F)C(F)(F)C(F)(F)C(F)(F)C(F)(F)C(F)(F)C(F)(F)C(F)(F)F)(OCC)OCC. The number of halogens is 23. The highest BCUT2D eigenvalue weighted by molar-refractivity contribution is 6.61. The van der Waals surface area contributed by atoms with Gasteiger partial charge in [-0.1, -0.05) is 0 Å². The molecule has 45 heavy (non-hydrogen) atoms. The van der Waals surface area contributed by atoms with E-state index in [9.17, 15) is 101 Å². The molecule has 27 heteroatoms. The molecule has 0 amide bonds. The van der Waals surface area contributed by atoms with Crippen molar-refractivity contribution in [2.75, 3.05) is 19.8 Å². The zero-order valence-electron chi connectivity index (χ0n) is 21.7. The van der Waals surface area contributed by atoms with Gasteiger partial charge in [-0.05, 0) is 20.8 Å². The van der Waals surface area contributed by atoms with Gasteiger partial charge < -0.3 is 13.3 Å². The standard InChI is InChI=1S/C18H17F23O3Si/c1-4-42-45(43-5-2,44-6-3)7-8(19,20)9(21,22)10(23,24)11(25,26)12(27,28)13(29,30)14(31,32)15(33,34)16(35,36)17(37,38)18(39,40)41/h4-7H2,1-3H3. The summed E-state index contributed by atoms with van der Waals surface area (Å²) in [6.07, 6.45) is -8.11. The normalized spacial score (nSPS) is 16.4. The van der Waals surface area contributed by atoms with Gasteiger partial charge in [-0.25, -0.2) is 0 Å². The van der Waals surface area contributed by atoms with Crippen LogP contribution in [0, 0.1) is 0 Å². The van der Waals surface area contributed by atoms with E-state index >= 15 is 0 Å². The van der Waals surface area contributed by atoms with Gasteiger partial charge in [0.15, 0.2) is 0 Å². The van der Waals surface area contributed by atoms with Gasteiger partial charge in [-0.3, -0.25) is 0 Å². The van der Waals surface area contributed by atoms with Crippen LogP contribution < -0.4 is 0 Å². The molecule has 0 saturated heterocycles. The summed E-state index contributed by atoms with van der Waals surface area (Å²) in [7, 11) is -5.48. The van der Waals surface area contributed by atoms with Crippen molar-refractivity contribution in [3.8, 4) is 0 Å². The lowest BCUT2D eigenvalue weighted by molar-refractivity contribution is -0.478. The molecule has 0 saturated carbocycles. The van der Waals surface area contributed by atoms with E-state index in [1.165, 1.54) is 0 Å². The highest BCUT2D eigenvalue weighted by Crippen LogP contribution is 2.67. The second kappa shape index (κ2) is 12.2. The fourth-order valence-electron chi connectivity index (χ4n) is 3.11. The molecule has 0 fully saturated rings. The lowest BCUT2D eigenvalue weighted by atomic mass is 9.85. The first-order valence-electron chi connectivity index (χ1n) is 11.2. The number of hydrogen-bond donors (Lipinski definition) is 0. The Hall–Kier alpha value is -1.51. The van der Waals surface area contributed by atoms with Crippen LogP contribution in [-0.4, -0.2) is 94.0 Å². The minimum Gasteiger partial charge on any atom is -0.374 e. The van der Waals surface area contributed by atoms with Crippen molar-refractivity contribution in [2.45, 2.75) is 92.2 Å². The zero-order chi connectivity index (χ0) is 36.9. The first-order chi connectivity index (χ1) is 19.4. The molecule has 3 nitrogen and oxygen atoms in total. The van der Waals surface area contributed by atoms with Gasteiger partial charge in [0.05, 0.1) is 6.04 Å². The van der Waals surface area contributed by atoms with E-state index in [1.807, 2.05) is 0 Å². The van der Waals surface area contributed by atoms with Crippen molar-refractivity contribution in [3.63, 3.8) is 0 Å². The summed E-state index contributed by atoms with van der Waals surface area (Å²) >= 11 is 0. The molecule has 0 rings (SSSR count). The smallest absolute Gasteiger partial charge is 0.374 e. The van der Waals surface area contributed by atoms with Gasteiger partial charge in [0.1, 0.15) is 0 Å². The molecular formula is C18H17F23O3Si. The second-order valence-electron chi connectivity index (χ2n) is 8.53. The van der Waals surface area contributed by atoms with Crippen LogP contribution in [-0.2, 0) is 13.3 Å². The van der Waals surface area contributed by atoms with E-state index in [4.69, 9.17) is 0 Å². The van der Waals surface area contributed by atoms with E-state index in [-0.39, 0.29) is 0 Å². The van der Waals surface area contributed by atoms with Crippen LogP contribution in [0.1, 0.15) is 20.8 Å². The van der Waals surface area contributed by atoms with Gasteiger partial charge in [-0.15, -0.1) is 0 Å². The lowest BCUT2D eigenvalue weighted by Gasteiger charge is -2.45. The largest absolute Gasteiger partial charge is 0.507 e. The van der Waals surface area contributed by atoms with Crippen molar-refractivity contribution in [1.82, 2.24) is 0 Å².